The van der Waals surface area contributed by atoms with Crippen molar-refractivity contribution in [2.24, 2.45) is 0 Å². The molecule has 0 unspecified atom stereocenters. The topological polar surface area (TPSA) is 169 Å². The lowest BCUT2D eigenvalue weighted by molar-refractivity contribution is 0.0682. The quantitative estimate of drug-likeness (QED) is 0.361. The second-order valence-corrected chi connectivity index (χ2v) is 6.88. The molecule has 0 aromatic heterocycles. The summed E-state index contributed by atoms with van der Waals surface area (Å²) in [7, 11) is 0. The summed E-state index contributed by atoms with van der Waals surface area (Å²) < 4.78 is 0. The predicted molar refractivity (Wildman–Crippen MR) is 112 cm³/mol. The minimum atomic E-state index is -1.36. The highest BCUT2D eigenvalue weighted by Gasteiger charge is 2.21. The Morgan fingerprint density at radius 2 is 0.938 bits per heavy atom. The fourth-order valence-electron chi connectivity index (χ4n) is 3.31. The van der Waals surface area contributed by atoms with E-state index >= 15 is 0 Å². The van der Waals surface area contributed by atoms with E-state index in [0.29, 0.717) is 0 Å². The summed E-state index contributed by atoms with van der Waals surface area (Å²) in [6.45, 7) is 1.25. The van der Waals surface area contributed by atoms with E-state index in [1.807, 2.05) is 0 Å². The number of Topliss-reactive ketones (excluding diaryl/α,β-unsaturated/α-hetero) is 1. The number of hydrogen-bond acceptors (Lipinski definition) is 6. The molecule has 0 aliphatic rings. The summed E-state index contributed by atoms with van der Waals surface area (Å²) in [6, 6.07) is 9.58. The zero-order valence-electron chi connectivity index (χ0n) is 16.5. The summed E-state index contributed by atoms with van der Waals surface area (Å²) in [5.41, 5.74) is -0.310. The normalized spacial score (nSPS) is 10.5. The van der Waals surface area contributed by atoms with Gasteiger partial charge in [0.2, 0.25) is 0 Å². The van der Waals surface area contributed by atoms with Gasteiger partial charge in [0.1, 0.15) is 22.6 Å². The number of aromatic hydroxyl groups is 2. The van der Waals surface area contributed by atoms with Gasteiger partial charge in [-0.3, -0.25) is 4.79 Å². The first-order valence-corrected chi connectivity index (χ1v) is 9.07. The third-order valence-electron chi connectivity index (χ3n) is 4.85. The minimum Gasteiger partial charge on any atom is -0.507 e. The van der Waals surface area contributed by atoms with Crippen LogP contribution in [0.4, 0.5) is 0 Å². The summed E-state index contributed by atoms with van der Waals surface area (Å²) in [4.78, 5) is 46.6. The first kappa shape index (κ1) is 22.0. The van der Waals surface area contributed by atoms with Crippen molar-refractivity contribution in [1.29, 1.82) is 0 Å². The predicted octanol–water partition coefficient (Wildman–Crippen LogP) is 3.73. The Morgan fingerprint density at radius 3 is 1.28 bits per heavy atom. The zero-order valence-corrected chi connectivity index (χ0v) is 16.5. The van der Waals surface area contributed by atoms with E-state index in [0.717, 1.165) is 24.3 Å². The third kappa shape index (κ3) is 3.99. The fourth-order valence-corrected chi connectivity index (χ4v) is 3.31. The molecule has 32 heavy (non-hydrogen) atoms. The first-order valence-electron chi connectivity index (χ1n) is 9.07. The van der Waals surface area contributed by atoms with Gasteiger partial charge in [-0.1, -0.05) is 12.1 Å². The Morgan fingerprint density at radius 1 is 0.562 bits per heavy atom. The SMILES string of the molecule is CC(=O)c1cc(-c2ccc(C(=O)O)c(O)c2)c(C(=O)O)cc1-c1ccc(C(=O)O)c(O)c1. The largest absolute Gasteiger partial charge is 0.507 e. The summed E-state index contributed by atoms with van der Waals surface area (Å²) in [5.74, 6) is -5.64. The van der Waals surface area contributed by atoms with E-state index in [9.17, 15) is 34.5 Å². The van der Waals surface area contributed by atoms with Crippen molar-refractivity contribution in [3.05, 3.63) is 70.8 Å². The Balaban J connectivity index is 2.28. The van der Waals surface area contributed by atoms with E-state index in [-0.39, 0.29) is 44.5 Å². The molecule has 0 amide bonds. The highest BCUT2D eigenvalue weighted by atomic mass is 16.4. The molecule has 9 heteroatoms. The van der Waals surface area contributed by atoms with Crippen LogP contribution in [0.15, 0.2) is 48.5 Å². The summed E-state index contributed by atoms with van der Waals surface area (Å²) >= 11 is 0. The van der Waals surface area contributed by atoms with Crippen LogP contribution in [0, 0.1) is 0 Å². The molecule has 3 aromatic carbocycles. The van der Waals surface area contributed by atoms with Gasteiger partial charge >= 0.3 is 17.9 Å². The van der Waals surface area contributed by atoms with E-state index in [2.05, 4.69) is 0 Å². The second-order valence-electron chi connectivity index (χ2n) is 6.88. The molecule has 3 aromatic rings. The summed E-state index contributed by atoms with van der Waals surface area (Å²) in [5, 5.41) is 47.9. The van der Waals surface area contributed by atoms with Crippen LogP contribution in [0.1, 0.15) is 48.4 Å². The molecule has 0 fully saturated rings. The molecule has 0 aliphatic heterocycles. The Bertz CT molecular complexity index is 1200. The van der Waals surface area contributed by atoms with Crippen molar-refractivity contribution in [3.63, 3.8) is 0 Å². The number of carboxylic acid groups (broad SMARTS) is 3. The number of carbonyl (C=O) groups is 4. The van der Waals surface area contributed by atoms with Crippen molar-refractivity contribution in [2.45, 2.75) is 6.92 Å². The van der Waals surface area contributed by atoms with E-state index < -0.39 is 35.2 Å². The van der Waals surface area contributed by atoms with Gasteiger partial charge in [0.15, 0.2) is 5.78 Å². The van der Waals surface area contributed by atoms with E-state index in [4.69, 9.17) is 10.2 Å². The first-order chi connectivity index (χ1) is 15.0. The maximum absolute atomic E-state index is 12.3. The molecule has 0 aliphatic carbocycles. The number of phenols is 2. The van der Waals surface area contributed by atoms with Crippen LogP contribution in [0.25, 0.3) is 22.3 Å². The van der Waals surface area contributed by atoms with Gasteiger partial charge in [0.25, 0.3) is 0 Å². The van der Waals surface area contributed by atoms with Crippen molar-refractivity contribution in [3.8, 4) is 33.8 Å². The molecule has 0 heterocycles. The lowest BCUT2D eigenvalue weighted by atomic mass is 9.88. The van der Waals surface area contributed by atoms with Crippen LogP contribution >= 0.6 is 0 Å². The van der Waals surface area contributed by atoms with Gasteiger partial charge in [-0.05, 0) is 65.6 Å². The zero-order chi connectivity index (χ0) is 23.7. The summed E-state index contributed by atoms with van der Waals surface area (Å²) in [6.07, 6.45) is 0. The van der Waals surface area contributed by atoms with E-state index in [1.54, 1.807) is 0 Å². The van der Waals surface area contributed by atoms with Crippen LogP contribution in [0.5, 0.6) is 11.5 Å². The van der Waals surface area contributed by atoms with Gasteiger partial charge in [0.05, 0.1) is 5.56 Å². The van der Waals surface area contributed by atoms with Crippen LogP contribution in [-0.4, -0.2) is 49.2 Å². The fraction of sp³-hybridized carbons (Fsp3) is 0.0435. The maximum atomic E-state index is 12.3. The number of hydrogen-bond donors (Lipinski definition) is 5. The molecule has 5 N–H and O–H groups in total. The van der Waals surface area contributed by atoms with Gasteiger partial charge in [-0.15, -0.1) is 0 Å². The number of ketones is 1. The number of carbonyl (C=O) groups excluding carboxylic acids is 1. The van der Waals surface area contributed by atoms with Gasteiger partial charge in [-0.25, -0.2) is 14.4 Å². The molecule has 0 spiro atoms. The smallest absolute Gasteiger partial charge is 0.339 e. The minimum absolute atomic E-state index is 0.0602. The maximum Gasteiger partial charge on any atom is 0.339 e. The van der Waals surface area contributed by atoms with E-state index in [1.165, 1.54) is 31.2 Å². The highest BCUT2D eigenvalue weighted by Crippen LogP contribution is 2.36. The van der Waals surface area contributed by atoms with Gasteiger partial charge in [0, 0.05) is 5.56 Å². The molecule has 0 bridgehead atoms. The van der Waals surface area contributed by atoms with Crippen LogP contribution in [0.3, 0.4) is 0 Å². The average molecular weight is 436 g/mol. The second kappa shape index (κ2) is 8.23. The molecule has 3 rings (SSSR count). The number of carboxylic acids is 3. The Kier molecular flexibility index (Phi) is 5.67. The third-order valence-corrected chi connectivity index (χ3v) is 4.85. The Hall–Kier alpha value is -4.66. The molecular weight excluding hydrogens is 420 g/mol. The monoisotopic (exact) mass is 436 g/mol. The molecule has 162 valence electrons. The molecule has 0 saturated heterocycles. The number of aromatic carboxylic acids is 3. The highest BCUT2D eigenvalue weighted by molar-refractivity contribution is 6.07. The van der Waals surface area contributed by atoms with Gasteiger partial charge < -0.3 is 25.5 Å². The lowest BCUT2D eigenvalue weighted by Gasteiger charge is -2.15. The van der Waals surface area contributed by atoms with Crippen LogP contribution < -0.4 is 0 Å². The van der Waals surface area contributed by atoms with Crippen molar-refractivity contribution in [2.75, 3.05) is 0 Å². The molecule has 0 atom stereocenters. The van der Waals surface area contributed by atoms with Crippen LogP contribution in [0.2, 0.25) is 0 Å². The molecule has 0 radical (unpaired) electrons. The molecule has 9 nitrogen and oxygen atoms in total. The van der Waals surface area contributed by atoms with Crippen molar-refractivity contribution in [1.82, 2.24) is 0 Å². The molecular formula is C23H16O9. The van der Waals surface area contributed by atoms with Crippen molar-refractivity contribution < 1.29 is 44.7 Å². The standard InChI is InChI=1S/C23H16O9/c1-10(24)15-8-17(12-3-5-14(22(29)30)20(26)7-12)18(23(31)32)9-16(15)11-2-4-13(21(27)28)19(25)6-11/h2-9,25-26H,1H3,(H,27,28)(H,29,30)(H,31,32). The van der Waals surface area contributed by atoms with Crippen LogP contribution in [-0.2, 0) is 0 Å². The van der Waals surface area contributed by atoms with Crippen molar-refractivity contribution >= 4 is 23.7 Å². The molecule has 0 saturated carbocycles. The van der Waals surface area contributed by atoms with Gasteiger partial charge in [-0.2, -0.15) is 0 Å². The average Bonchev–Trinajstić information content (AvgIpc) is 2.71. The number of rotatable bonds is 6. The number of benzene rings is 3. The lowest BCUT2D eigenvalue weighted by Crippen LogP contribution is -2.06. The Labute approximate surface area is 180 Å².